The minimum atomic E-state index is 0.0799. The van der Waals surface area contributed by atoms with Crippen molar-refractivity contribution >= 4 is 17.2 Å². The van der Waals surface area contributed by atoms with Crippen molar-refractivity contribution < 1.29 is 9.53 Å². The van der Waals surface area contributed by atoms with Crippen molar-refractivity contribution in [1.82, 2.24) is 10.2 Å². The number of hydrogen-bond acceptors (Lipinski definition) is 4. The van der Waals surface area contributed by atoms with E-state index in [4.69, 9.17) is 4.74 Å². The van der Waals surface area contributed by atoms with Crippen LogP contribution in [0.5, 0.6) is 5.75 Å². The number of hydrogen-bond donors (Lipinski definition) is 1. The van der Waals surface area contributed by atoms with Gasteiger partial charge in [0.15, 0.2) is 0 Å². The molecule has 0 aliphatic heterocycles. The van der Waals surface area contributed by atoms with Crippen molar-refractivity contribution in [2.75, 3.05) is 27.7 Å². The second-order valence-corrected chi connectivity index (χ2v) is 6.44. The molecule has 1 aromatic carbocycles. The lowest BCUT2D eigenvalue weighted by atomic mass is 10.0. The standard InChI is InChI=1S/C18H24N2O2S/c1-20(2)16(15-6-4-5-7-17(15)22-3)12-19-18(21)9-8-14-10-11-23-13-14/h4-7,10-11,13,16H,8-9,12H2,1-3H3,(H,19,21). The van der Waals surface area contributed by atoms with Crippen molar-refractivity contribution in [3.63, 3.8) is 0 Å². The second kappa shape index (κ2) is 8.70. The number of thiophene rings is 1. The Labute approximate surface area is 142 Å². The van der Waals surface area contributed by atoms with Crippen LogP contribution in [0.3, 0.4) is 0 Å². The lowest BCUT2D eigenvalue weighted by Gasteiger charge is -2.26. The maximum atomic E-state index is 12.1. The average molecular weight is 332 g/mol. The largest absolute Gasteiger partial charge is 0.496 e. The number of aryl methyl sites for hydroxylation is 1. The molecule has 1 heterocycles. The van der Waals surface area contributed by atoms with Crippen LogP contribution in [0, 0.1) is 0 Å². The quantitative estimate of drug-likeness (QED) is 0.807. The van der Waals surface area contributed by atoms with Crippen molar-refractivity contribution in [2.24, 2.45) is 0 Å². The lowest BCUT2D eigenvalue weighted by molar-refractivity contribution is -0.121. The Kier molecular flexibility index (Phi) is 6.62. The molecule has 5 heteroatoms. The predicted octanol–water partition coefficient (Wildman–Crippen LogP) is 3.11. The fourth-order valence-corrected chi connectivity index (χ4v) is 3.21. The third-order valence-electron chi connectivity index (χ3n) is 3.83. The first-order valence-electron chi connectivity index (χ1n) is 7.69. The van der Waals surface area contributed by atoms with Gasteiger partial charge < -0.3 is 15.0 Å². The molecule has 0 radical (unpaired) electrons. The van der Waals surface area contributed by atoms with E-state index in [0.29, 0.717) is 13.0 Å². The molecule has 0 spiro atoms. The van der Waals surface area contributed by atoms with Gasteiger partial charge in [0.1, 0.15) is 5.75 Å². The summed E-state index contributed by atoms with van der Waals surface area (Å²) >= 11 is 1.66. The number of carbonyl (C=O) groups excluding carboxylic acids is 1. The zero-order chi connectivity index (χ0) is 16.7. The minimum Gasteiger partial charge on any atom is -0.496 e. The molecular weight excluding hydrogens is 308 g/mol. The van der Waals surface area contributed by atoms with E-state index >= 15 is 0 Å². The predicted molar refractivity (Wildman–Crippen MR) is 95.1 cm³/mol. The number of ether oxygens (including phenoxy) is 1. The van der Waals surface area contributed by atoms with Gasteiger partial charge in [-0.15, -0.1) is 0 Å². The first-order valence-corrected chi connectivity index (χ1v) is 8.63. The number of methoxy groups -OCH3 is 1. The Morgan fingerprint density at radius 2 is 2.09 bits per heavy atom. The summed E-state index contributed by atoms with van der Waals surface area (Å²) in [4.78, 5) is 14.2. The van der Waals surface area contributed by atoms with Gasteiger partial charge in [-0.25, -0.2) is 0 Å². The number of benzene rings is 1. The minimum absolute atomic E-state index is 0.0799. The zero-order valence-corrected chi connectivity index (χ0v) is 14.7. The Hall–Kier alpha value is -1.85. The molecule has 23 heavy (non-hydrogen) atoms. The molecule has 2 rings (SSSR count). The number of amides is 1. The second-order valence-electron chi connectivity index (χ2n) is 5.66. The molecule has 0 fully saturated rings. The molecule has 0 aliphatic rings. The van der Waals surface area contributed by atoms with Crippen LogP contribution < -0.4 is 10.1 Å². The molecule has 1 N–H and O–H groups in total. The SMILES string of the molecule is COc1ccccc1C(CNC(=O)CCc1ccsc1)N(C)C. The van der Waals surface area contributed by atoms with E-state index in [9.17, 15) is 4.79 Å². The van der Waals surface area contributed by atoms with E-state index in [2.05, 4.69) is 21.7 Å². The van der Waals surface area contributed by atoms with Crippen LogP contribution >= 0.6 is 11.3 Å². The van der Waals surface area contributed by atoms with Crippen LogP contribution in [0.2, 0.25) is 0 Å². The Morgan fingerprint density at radius 1 is 1.30 bits per heavy atom. The van der Waals surface area contributed by atoms with E-state index in [1.54, 1.807) is 18.4 Å². The summed E-state index contributed by atoms with van der Waals surface area (Å²) in [6, 6.07) is 10.1. The number of nitrogens with one attached hydrogen (secondary N) is 1. The molecule has 4 nitrogen and oxygen atoms in total. The van der Waals surface area contributed by atoms with Gasteiger partial charge in [-0.05, 0) is 49.0 Å². The zero-order valence-electron chi connectivity index (χ0n) is 13.9. The number of para-hydroxylation sites is 1. The maximum Gasteiger partial charge on any atom is 0.220 e. The van der Waals surface area contributed by atoms with Gasteiger partial charge in [0, 0.05) is 18.5 Å². The van der Waals surface area contributed by atoms with E-state index in [0.717, 1.165) is 17.7 Å². The summed E-state index contributed by atoms with van der Waals surface area (Å²) in [5, 5.41) is 7.17. The van der Waals surface area contributed by atoms with Gasteiger partial charge in [-0.3, -0.25) is 4.79 Å². The van der Waals surface area contributed by atoms with Gasteiger partial charge in [0.2, 0.25) is 5.91 Å². The van der Waals surface area contributed by atoms with Crippen molar-refractivity contribution in [1.29, 1.82) is 0 Å². The van der Waals surface area contributed by atoms with Crippen molar-refractivity contribution in [2.45, 2.75) is 18.9 Å². The summed E-state index contributed by atoms with van der Waals surface area (Å²) in [5.41, 5.74) is 2.30. The van der Waals surface area contributed by atoms with Gasteiger partial charge in [0.25, 0.3) is 0 Å². The summed E-state index contributed by atoms with van der Waals surface area (Å²) in [5.74, 6) is 0.927. The molecule has 1 atom stereocenters. The molecule has 0 bridgehead atoms. The Bertz CT molecular complexity index is 611. The molecule has 0 aliphatic carbocycles. The van der Waals surface area contributed by atoms with E-state index in [1.807, 2.05) is 43.7 Å². The molecule has 2 aromatic rings. The number of likely N-dealkylation sites (N-methyl/N-ethyl adjacent to an activating group) is 1. The third-order valence-corrected chi connectivity index (χ3v) is 4.57. The van der Waals surface area contributed by atoms with Crippen molar-refractivity contribution in [3.05, 3.63) is 52.2 Å². The number of carbonyl (C=O) groups is 1. The van der Waals surface area contributed by atoms with Gasteiger partial charge in [-0.2, -0.15) is 11.3 Å². The molecule has 124 valence electrons. The first-order chi connectivity index (χ1) is 11.1. The summed E-state index contributed by atoms with van der Waals surface area (Å²) < 4.78 is 5.44. The van der Waals surface area contributed by atoms with Crippen LogP contribution in [0.1, 0.15) is 23.6 Å². The van der Waals surface area contributed by atoms with Gasteiger partial charge in [0.05, 0.1) is 13.2 Å². The van der Waals surface area contributed by atoms with Crippen LogP contribution in [0.15, 0.2) is 41.1 Å². The third kappa shape index (κ3) is 5.08. The number of rotatable bonds is 8. The fourth-order valence-electron chi connectivity index (χ4n) is 2.50. The van der Waals surface area contributed by atoms with E-state index in [1.165, 1.54) is 5.56 Å². The topological polar surface area (TPSA) is 41.6 Å². The summed E-state index contributed by atoms with van der Waals surface area (Å²) in [7, 11) is 5.69. The van der Waals surface area contributed by atoms with E-state index < -0.39 is 0 Å². The summed E-state index contributed by atoms with van der Waals surface area (Å²) in [6.07, 6.45) is 1.30. The summed E-state index contributed by atoms with van der Waals surface area (Å²) in [6.45, 7) is 0.565. The van der Waals surface area contributed by atoms with Crippen LogP contribution in [0.25, 0.3) is 0 Å². The molecule has 0 saturated carbocycles. The fraction of sp³-hybridized carbons (Fsp3) is 0.389. The molecule has 0 saturated heterocycles. The van der Waals surface area contributed by atoms with Crippen LogP contribution in [-0.2, 0) is 11.2 Å². The highest BCUT2D eigenvalue weighted by atomic mass is 32.1. The lowest BCUT2D eigenvalue weighted by Crippen LogP contribution is -2.34. The molecule has 1 unspecified atom stereocenters. The van der Waals surface area contributed by atoms with Gasteiger partial charge >= 0.3 is 0 Å². The smallest absolute Gasteiger partial charge is 0.220 e. The van der Waals surface area contributed by atoms with Crippen molar-refractivity contribution in [3.8, 4) is 5.75 Å². The van der Waals surface area contributed by atoms with E-state index in [-0.39, 0.29) is 11.9 Å². The maximum absolute atomic E-state index is 12.1. The monoisotopic (exact) mass is 332 g/mol. The Morgan fingerprint density at radius 3 is 2.74 bits per heavy atom. The molecule has 1 aromatic heterocycles. The van der Waals surface area contributed by atoms with Crippen LogP contribution in [0.4, 0.5) is 0 Å². The first kappa shape index (κ1) is 17.5. The normalized spacial score (nSPS) is 12.2. The highest BCUT2D eigenvalue weighted by Crippen LogP contribution is 2.27. The molecular formula is C18H24N2O2S. The highest BCUT2D eigenvalue weighted by Gasteiger charge is 2.18. The highest BCUT2D eigenvalue weighted by molar-refractivity contribution is 7.07. The van der Waals surface area contributed by atoms with Crippen LogP contribution in [-0.4, -0.2) is 38.6 Å². The number of nitrogens with zero attached hydrogens (tertiary/aromatic N) is 1. The Balaban J connectivity index is 1.93. The van der Waals surface area contributed by atoms with Gasteiger partial charge in [-0.1, -0.05) is 18.2 Å². The molecule has 1 amide bonds. The average Bonchev–Trinajstić information content (AvgIpc) is 3.06.